The molecule has 0 spiro atoms. The average Bonchev–Trinajstić information content (AvgIpc) is 2.16. The molecule has 0 unspecified atom stereocenters. The monoisotopic (exact) mass is 161 g/mol. The van der Waals surface area contributed by atoms with Crippen molar-refractivity contribution >= 4 is 12.1 Å². The van der Waals surface area contributed by atoms with Crippen molar-refractivity contribution in [2.24, 2.45) is 0 Å². The van der Waals surface area contributed by atoms with Gasteiger partial charge in [-0.25, -0.2) is 0 Å². The predicted molar refractivity (Wildman–Crippen MR) is 44.7 cm³/mol. The number of Topliss-reactive ketones (excluding diaryl/α,β-unsaturated/α-hetero) is 1. The van der Waals surface area contributed by atoms with Gasteiger partial charge in [-0.1, -0.05) is 24.3 Å². The maximum atomic E-state index is 10.6. The molecule has 0 aromatic heterocycles. The van der Waals surface area contributed by atoms with Gasteiger partial charge in [0.1, 0.15) is 0 Å². The number of hydrogen-bond acceptors (Lipinski definition) is 2. The molecular weight excluding hydrogens is 152 g/mol. The summed E-state index contributed by atoms with van der Waals surface area (Å²) in [5.41, 5.74) is 1.06. The third-order valence-corrected chi connectivity index (χ3v) is 1.58. The summed E-state index contributed by atoms with van der Waals surface area (Å²) in [7, 11) is 0. The van der Waals surface area contributed by atoms with Crippen molar-refractivity contribution < 1.29 is 9.59 Å². The first-order chi connectivity index (χ1) is 5.83. The van der Waals surface area contributed by atoms with Crippen LogP contribution in [-0.4, -0.2) is 12.1 Å². The Morgan fingerprint density at radius 3 is 2.67 bits per heavy atom. The summed E-state index contributed by atoms with van der Waals surface area (Å²) in [6.45, 7) is 0. The average molecular weight is 161 g/mol. The number of hydrogen-bond donors (Lipinski definition) is 0. The molecule has 0 N–H and O–H groups in total. The lowest BCUT2D eigenvalue weighted by Gasteiger charge is -1.95. The lowest BCUT2D eigenvalue weighted by molar-refractivity contribution is -0.129. The van der Waals surface area contributed by atoms with E-state index in [9.17, 15) is 9.59 Å². The van der Waals surface area contributed by atoms with Gasteiger partial charge in [-0.15, -0.1) is 0 Å². The Bertz CT molecular complexity index is 264. The Balaban J connectivity index is 2.43. The second-order valence-electron chi connectivity index (χ2n) is 2.49. The molecule has 2 heteroatoms. The normalized spacial score (nSPS) is 9.33. The minimum Gasteiger partial charge on any atom is -0.295 e. The number of rotatable bonds is 4. The van der Waals surface area contributed by atoms with Crippen molar-refractivity contribution in [1.82, 2.24) is 0 Å². The summed E-state index contributed by atoms with van der Waals surface area (Å²) in [4.78, 5) is 20.6. The van der Waals surface area contributed by atoms with Crippen LogP contribution < -0.4 is 0 Å². The first-order valence-corrected chi connectivity index (χ1v) is 3.76. The molecule has 0 amide bonds. The van der Waals surface area contributed by atoms with Crippen LogP contribution in [0, 0.1) is 6.07 Å². The summed E-state index contributed by atoms with van der Waals surface area (Å²) in [6.07, 6.45) is 1.30. The van der Waals surface area contributed by atoms with Gasteiger partial charge in [-0.05, 0) is 18.1 Å². The molecule has 0 heterocycles. The van der Waals surface area contributed by atoms with Gasteiger partial charge in [0.25, 0.3) is 0 Å². The first-order valence-electron chi connectivity index (χ1n) is 3.76. The molecule has 12 heavy (non-hydrogen) atoms. The van der Waals surface area contributed by atoms with Crippen molar-refractivity contribution in [1.29, 1.82) is 0 Å². The van der Waals surface area contributed by atoms with E-state index in [1.165, 1.54) is 0 Å². The summed E-state index contributed by atoms with van der Waals surface area (Å²) in [6, 6.07) is 10.2. The Morgan fingerprint density at radius 1 is 1.42 bits per heavy atom. The molecule has 1 aromatic carbocycles. The molecule has 0 aliphatic carbocycles. The highest BCUT2D eigenvalue weighted by Crippen LogP contribution is 2.01. The van der Waals surface area contributed by atoms with E-state index < -0.39 is 0 Å². The molecule has 2 nitrogen and oxygen atoms in total. The van der Waals surface area contributed by atoms with Gasteiger partial charge >= 0.3 is 0 Å². The van der Waals surface area contributed by atoms with E-state index in [1.54, 1.807) is 12.1 Å². The number of aldehydes is 1. The Hall–Kier alpha value is -1.44. The number of carbonyl (C=O) groups is 2. The second kappa shape index (κ2) is 4.44. The van der Waals surface area contributed by atoms with Crippen molar-refractivity contribution in [3.8, 4) is 0 Å². The van der Waals surface area contributed by atoms with Gasteiger partial charge in [-0.2, -0.15) is 0 Å². The Labute approximate surface area is 71.2 Å². The topological polar surface area (TPSA) is 34.1 Å². The molecule has 1 aromatic rings. The molecule has 0 aliphatic rings. The summed E-state index contributed by atoms with van der Waals surface area (Å²) in [5.74, 6) is -0.345. The van der Waals surface area contributed by atoms with Gasteiger partial charge in [-0.3, -0.25) is 9.59 Å². The van der Waals surface area contributed by atoms with Crippen molar-refractivity contribution in [2.75, 3.05) is 0 Å². The molecule has 0 aliphatic heterocycles. The first kappa shape index (κ1) is 8.65. The van der Waals surface area contributed by atoms with E-state index in [2.05, 4.69) is 6.07 Å². The fourth-order valence-corrected chi connectivity index (χ4v) is 0.915. The summed E-state index contributed by atoms with van der Waals surface area (Å²) < 4.78 is 0. The van der Waals surface area contributed by atoms with Crippen LogP contribution in [0.25, 0.3) is 0 Å². The molecule has 0 fully saturated rings. The number of aryl methyl sites for hydroxylation is 1. The predicted octanol–water partition coefficient (Wildman–Crippen LogP) is 1.19. The van der Waals surface area contributed by atoms with E-state index in [1.807, 2.05) is 12.1 Å². The molecular formula is C10H9O2. The van der Waals surface area contributed by atoms with E-state index in [-0.39, 0.29) is 5.78 Å². The molecule has 0 bridgehead atoms. The zero-order chi connectivity index (χ0) is 8.81. The second-order valence-corrected chi connectivity index (χ2v) is 2.49. The lowest BCUT2D eigenvalue weighted by Crippen LogP contribution is -2.00. The van der Waals surface area contributed by atoms with Crippen LogP contribution >= 0.6 is 0 Å². The highest BCUT2D eigenvalue weighted by atomic mass is 16.2. The Kier molecular flexibility index (Phi) is 3.20. The van der Waals surface area contributed by atoms with Gasteiger partial charge < -0.3 is 0 Å². The smallest absolute Gasteiger partial charge is 0.195 e. The van der Waals surface area contributed by atoms with Gasteiger partial charge in [0, 0.05) is 6.42 Å². The van der Waals surface area contributed by atoms with Crippen molar-refractivity contribution in [3.05, 3.63) is 35.9 Å². The van der Waals surface area contributed by atoms with E-state index in [4.69, 9.17) is 0 Å². The standard InChI is InChI=1S/C10H9O2/c11-8-10(12)7-6-9-4-2-1-3-5-9/h2-5,8H,6-7H2. The van der Waals surface area contributed by atoms with E-state index in [0.717, 1.165) is 5.56 Å². The van der Waals surface area contributed by atoms with Crippen LogP contribution in [-0.2, 0) is 16.0 Å². The van der Waals surface area contributed by atoms with Crippen LogP contribution in [0.5, 0.6) is 0 Å². The lowest BCUT2D eigenvalue weighted by atomic mass is 10.1. The molecule has 0 saturated heterocycles. The highest BCUT2D eigenvalue weighted by molar-refractivity contribution is 6.24. The van der Waals surface area contributed by atoms with Crippen LogP contribution in [0.15, 0.2) is 24.3 Å². The van der Waals surface area contributed by atoms with Crippen LogP contribution in [0.3, 0.4) is 0 Å². The van der Waals surface area contributed by atoms with Crippen molar-refractivity contribution in [2.45, 2.75) is 12.8 Å². The SMILES string of the molecule is O=CC(=O)CCc1cc[c]cc1. The molecule has 0 saturated carbocycles. The minimum absolute atomic E-state index is 0.299. The highest BCUT2D eigenvalue weighted by Gasteiger charge is 1.98. The zero-order valence-electron chi connectivity index (χ0n) is 6.62. The third-order valence-electron chi connectivity index (χ3n) is 1.58. The van der Waals surface area contributed by atoms with Gasteiger partial charge in [0.2, 0.25) is 0 Å². The zero-order valence-corrected chi connectivity index (χ0v) is 6.62. The van der Waals surface area contributed by atoms with Crippen molar-refractivity contribution in [3.63, 3.8) is 0 Å². The summed E-state index contributed by atoms with van der Waals surface area (Å²) in [5, 5.41) is 0. The van der Waals surface area contributed by atoms with Crippen LogP contribution in [0.1, 0.15) is 12.0 Å². The van der Waals surface area contributed by atoms with Crippen LogP contribution in [0.4, 0.5) is 0 Å². The van der Waals surface area contributed by atoms with E-state index >= 15 is 0 Å². The maximum absolute atomic E-state index is 10.6. The minimum atomic E-state index is -0.345. The van der Waals surface area contributed by atoms with Crippen LogP contribution in [0.2, 0.25) is 0 Å². The molecule has 1 radical (unpaired) electrons. The molecule has 0 atom stereocenters. The van der Waals surface area contributed by atoms with Gasteiger partial charge in [0.05, 0.1) is 0 Å². The molecule has 1 rings (SSSR count). The fourth-order valence-electron chi connectivity index (χ4n) is 0.915. The fraction of sp³-hybridized carbons (Fsp3) is 0.200. The molecule has 61 valence electrons. The maximum Gasteiger partial charge on any atom is 0.195 e. The number of carbonyl (C=O) groups excluding carboxylic acids is 2. The number of ketones is 1. The number of benzene rings is 1. The van der Waals surface area contributed by atoms with E-state index in [0.29, 0.717) is 19.1 Å². The quantitative estimate of drug-likeness (QED) is 0.491. The third kappa shape index (κ3) is 2.66. The van der Waals surface area contributed by atoms with Gasteiger partial charge in [0.15, 0.2) is 12.1 Å². The summed E-state index contributed by atoms with van der Waals surface area (Å²) >= 11 is 0. The Morgan fingerprint density at radius 2 is 2.08 bits per heavy atom. The largest absolute Gasteiger partial charge is 0.295 e.